The van der Waals surface area contributed by atoms with Gasteiger partial charge in [0.05, 0.1) is 0 Å². The molecule has 0 bridgehead atoms. The summed E-state index contributed by atoms with van der Waals surface area (Å²) in [7, 11) is 0. The average Bonchev–Trinajstić information content (AvgIpc) is 2.59. The van der Waals surface area contributed by atoms with Crippen molar-refractivity contribution in [3.63, 3.8) is 0 Å². The Hall–Kier alpha value is -1.91. The number of carboxylic acids is 1. The van der Waals surface area contributed by atoms with E-state index in [4.69, 9.17) is 5.11 Å². The van der Waals surface area contributed by atoms with Crippen LogP contribution in [0.15, 0.2) is 30.5 Å². The molecule has 0 amide bonds. The molecule has 0 aliphatic carbocycles. The van der Waals surface area contributed by atoms with Crippen LogP contribution in [0.5, 0.6) is 0 Å². The number of nitrogens with one attached hydrogen (secondary N) is 1. The third-order valence-corrected chi connectivity index (χ3v) is 2.53. The molecule has 1 aromatic carbocycles. The van der Waals surface area contributed by atoms with E-state index in [-0.39, 0.29) is 0 Å². The molecule has 3 nitrogen and oxygen atoms in total. The molecule has 0 saturated carbocycles. The molecule has 2 aromatic rings. The summed E-state index contributed by atoms with van der Waals surface area (Å²) in [6, 6.07) is 7.08. The molecule has 2 N–H and O–H groups in total. The quantitative estimate of drug-likeness (QED) is 0.861. The van der Waals surface area contributed by atoms with Gasteiger partial charge in [0.25, 0.3) is 5.92 Å². The van der Waals surface area contributed by atoms with Crippen LogP contribution in [0.4, 0.5) is 8.78 Å². The highest BCUT2D eigenvalue weighted by Crippen LogP contribution is 2.28. The average molecular weight is 239 g/mol. The fourth-order valence-corrected chi connectivity index (χ4v) is 1.84. The van der Waals surface area contributed by atoms with Crippen molar-refractivity contribution in [3.8, 4) is 0 Å². The van der Waals surface area contributed by atoms with E-state index in [1.807, 2.05) is 0 Å². The van der Waals surface area contributed by atoms with Crippen molar-refractivity contribution < 1.29 is 18.7 Å². The van der Waals surface area contributed by atoms with Crippen molar-refractivity contribution >= 4 is 16.9 Å². The van der Waals surface area contributed by atoms with Crippen molar-refractivity contribution in [2.24, 2.45) is 0 Å². The van der Waals surface area contributed by atoms with E-state index >= 15 is 0 Å². The molecule has 0 unspecified atom stereocenters. The SMILES string of the molecule is O=C(O)CC(F)(F)Cc1c[nH]c2ccccc12. The molecule has 0 radical (unpaired) electrons. The van der Waals surface area contributed by atoms with Crippen LogP contribution < -0.4 is 0 Å². The molecule has 1 heterocycles. The monoisotopic (exact) mass is 239 g/mol. The molecule has 0 atom stereocenters. The van der Waals surface area contributed by atoms with Gasteiger partial charge in [-0.05, 0) is 11.6 Å². The van der Waals surface area contributed by atoms with Gasteiger partial charge in [0.2, 0.25) is 0 Å². The second-order valence-corrected chi connectivity index (χ2v) is 3.96. The molecular weight excluding hydrogens is 228 g/mol. The normalized spacial score (nSPS) is 11.9. The number of aromatic nitrogens is 1. The highest BCUT2D eigenvalue weighted by atomic mass is 19.3. The van der Waals surface area contributed by atoms with E-state index in [0.29, 0.717) is 10.9 Å². The van der Waals surface area contributed by atoms with E-state index in [1.54, 1.807) is 24.3 Å². The number of alkyl halides is 2. The summed E-state index contributed by atoms with van der Waals surface area (Å²) in [5.74, 6) is -4.72. The summed E-state index contributed by atoms with van der Waals surface area (Å²) in [4.78, 5) is 13.2. The van der Waals surface area contributed by atoms with Gasteiger partial charge in [-0.1, -0.05) is 18.2 Å². The number of hydrogen-bond acceptors (Lipinski definition) is 1. The summed E-state index contributed by atoms with van der Waals surface area (Å²) in [5, 5.41) is 9.11. The standard InChI is InChI=1S/C12H11F2NO2/c13-12(14,6-11(16)17)5-8-7-15-10-4-2-1-3-9(8)10/h1-4,7,15H,5-6H2,(H,16,17). The lowest BCUT2D eigenvalue weighted by Gasteiger charge is -2.12. The molecule has 0 aliphatic rings. The third kappa shape index (κ3) is 2.61. The molecule has 1 aromatic heterocycles. The molecule has 90 valence electrons. The number of carbonyl (C=O) groups is 1. The Morgan fingerprint density at radius 3 is 2.76 bits per heavy atom. The Balaban J connectivity index is 2.26. The van der Waals surface area contributed by atoms with Crippen molar-refractivity contribution in [2.45, 2.75) is 18.8 Å². The Morgan fingerprint density at radius 2 is 2.06 bits per heavy atom. The van der Waals surface area contributed by atoms with Gasteiger partial charge in [-0.15, -0.1) is 0 Å². The van der Waals surface area contributed by atoms with Crippen LogP contribution in [-0.2, 0) is 11.2 Å². The highest BCUT2D eigenvalue weighted by molar-refractivity contribution is 5.83. The number of hydrogen-bond donors (Lipinski definition) is 2. The number of benzene rings is 1. The first-order valence-corrected chi connectivity index (χ1v) is 5.12. The minimum atomic E-state index is -3.23. The molecule has 0 spiro atoms. The number of carboxylic acid groups (broad SMARTS) is 1. The first-order valence-electron chi connectivity index (χ1n) is 5.12. The van der Waals surface area contributed by atoms with Gasteiger partial charge in [-0.3, -0.25) is 4.79 Å². The van der Waals surface area contributed by atoms with Crippen LogP contribution in [0.2, 0.25) is 0 Å². The van der Waals surface area contributed by atoms with Gasteiger partial charge >= 0.3 is 5.97 Å². The molecule has 5 heteroatoms. The van der Waals surface area contributed by atoms with Gasteiger partial charge in [-0.2, -0.15) is 0 Å². The van der Waals surface area contributed by atoms with E-state index in [9.17, 15) is 13.6 Å². The van der Waals surface area contributed by atoms with Gasteiger partial charge in [0.1, 0.15) is 6.42 Å². The smallest absolute Gasteiger partial charge is 0.309 e. The van der Waals surface area contributed by atoms with E-state index in [2.05, 4.69) is 4.98 Å². The van der Waals surface area contributed by atoms with Crippen LogP contribution in [0.3, 0.4) is 0 Å². The fraction of sp³-hybridized carbons (Fsp3) is 0.250. The predicted octanol–water partition coefficient (Wildman–Crippen LogP) is 2.82. The molecule has 0 saturated heterocycles. The minimum absolute atomic E-state index is 0.437. The molecule has 0 fully saturated rings. The lowest BCUT2D eigenvalue weighted by Crippen LogP contribution is -2.23. The summed E-state index contributed by atoms with van der Waals surface area (Å²) in [5.41, 5.74) is 1.21. The second-order valence-electron chi connectivity index (χ2n) is 3.96. The number of rotatable bonds is 4. The van der Waals surface area contributed by atoms with Gasteiger partial charge in [-0.25, -0.2) is 8.78 Å². The third-order valence-electron chi connectivity index (χ3n) is 2.53. The molecule has 0 aliphatic heterocycles. The van der Waals surface area contributed by atoms with Crippen LogP contribution in [-0.4, -0.2) is 22.0 Å². The largest absolute Gasteiger partial charge is 0.481 e. The van der Waals surface area contributed by atoms with Gasteiger partial charge < -0.3 is 10.1 Å². The Kier molecular flexibility index (Phi) is 2.83. The Morgan fingerprint density at radius 1 is 1.35 bits per heavy atom. The predicted molar refractivity (Wildman–Crippen MR) is 59.2 cm³/mol. The van der Waals surface area contributed by atoms with Crippen molar-refractivity contribution in [2.75, 3.05) is 0 Å². The van der Waals surface area contributed by atoms with E-state index in [0.717, 1.165) is 5.52 Å². The summed E-state index contributed by atoms with van der Waals surface area (Å²) in [6.45, 7) is 0. The molecular formula is C12H11F2NO2. The topological polar surface area (TPSA) is 53.1 Å². The number of halogens is 2. The Bertz CT molecular complexity index is 548. The van der Waals surface area contributed by atoms with Crippen molar-refractivity contribution in [3.05, 3.63) is 36.0 Å². The minimum Gasteiger partial charge on any atom is -0.481 e. The lowest BCUT2D eigenvalue weighted by atomic mass is 10.0. The van der Waals surface area contributed by atoms with E-state index in [1.165, 1.54) is 6.20 Å². The summed E-state index contributed by atoms with van der Waals surface area (Å²) >= 11 is 0. The number of fused-ring (bicyclic) bond motifs is 1. The number of aliphatic carboxylic acids is 1. The second kappa shape index (κ2) is 4.16. The maximum Gasteiger partial charge on any atom is 0.309 e. The van der Waals surface area contributed by atoms with Crippen LogP contribution in [0.25, 0.3) is 10.9 Å². The van der Waals surface area contributed by atoms with Crippen LogP contribution in [0.1, 0.15) is 12.0 Å². The fourth-order valence-electron chi connectivity index (χ4n) is 1.84. The van der Waals surface area contributed by atoms with Crippen molar-refractivity contribution in [1.82, 2.24) is 4.98 Å². The Labute approximate surface area is 96.1 Å². The lowest BCUT2D eigenvalue weighted by molar-refractivity contribution is -0.144. The zero-order chi connectivity index (χ0) is 12.5. The van der Waals surface area contributed by atoms with E-state index < -0.39 is 24.7 Å². The maximum absolute atomic E-state index is 13.4. The van der Waals surface area contributed by atoms with Crippen molar-refractivity contribution in [1.29, 1.82) is 0 Å². The van der Waals surface area contributed by atoms with Crippen LogP contribution >= 0.6 is 0 Å². The first-order chi connectivity index (χ1) is 7.98. The number of para-hydroxylation sites is 1. The summed E-state index contributed by atoms with van der Waals surface area (Å²) in [6.07, 6.45) is -0.212. The maximum atomic E-state index is 13.4. The number of H-pyrrole nitrogens is 1. The first kappa shape index (κ1) is 11.6. The highest BCUT2D eigenvalue weighted by Gasteiger charge is 2.33. The molecule has 17 heavy (non-hydrogen) atoms. The number of aromatic amines is 1. The van der Waals surface area contributed by atoms with Gasteiger partial charge in [0.15, 0.2) is 0 Å². The molecule has 2 rings (SSSR count). The zero-order valence-electron chi connectivity index (χ0n) is 8.91. The zero-order valence-corrected chi connectivity index (χ0v) is 8.91. The van der Waals surface area contributed by atoms with Gasteiger partial charge in [0, 0.05) is 23.5 Å². The summed E-state index contributed by atoms with van der Waals surface area (Å²) < 4.78 is 26.7. The van der Waals surface area contributed by atoms with Crippen LogP contribution in [0, 0.1) is 0 Å².